The lowest BCUT2D eigenvalue weighted by Crippen LogP contribution is -2.11. The maximum Gasteiger partial charge on any atom is 0.339 e. The van der Waals surface area contributed by atoms with Gasteiger partial charge in [-0.3, -0.25) is 0 Å². The average molecular weight is 259 g/mol. The predicted octanol–water partition coefficient (Wildman–Crippen LogP) is 3.87. The molecule has 3 nitrogen and oxygen atoms in total. The SMILES string of the molecule is CCCc1c(C)c2ccc(NC(C)C)cc2oc1=O. The summed E-state index contributed by atoms with van der Waals surface area (Å²) in [7, 11) is 0. The largest absolute Gasteiger partial charge is 0.422 e. The highest BCUT2D eigenvalue weighted by Crippen LogP contribution is 2.23. The Morgan fingerprint density at radius 2 is 2.05 bits per heavy atom. The Bertz CT molecular complexity index is 641. The molecule has 0 spiro atoms. The second-order valence-corrected chi connectivity index (χ2v) is 5.25. The van der Waals surface area contributed by atoms with Gasteiger partial charge in [-0.1, -0.05) is 13.3 Å². The summed E-state index contributed by atoms with van der Waals surface area (Å²) in [5.74, 6) is 0. The van der Waals surface area contributed by atoms with Crippen LogP contribution in [-0.2, 0) is 6.42 Å². The van der Waals surface area contributed by atoms with Crippen LogP contribution in [0.4, 0.5) is 5.69 Å². The van der Waals surface area contributed by atoms with Crippen molar-refractivity contribution >= 4 is 16.7 Å². The first kappa shape index (κ1) is 13.7. The first-order valence-corrected chi connectivity index (χ1v) is 6.85. The molecule has 19 heavy (non-hydrogen) atoms. The van der Waals surface area contributed by atoms with Gasteiger partial charge in [-0.25, -0.2) is 4.79 Å². The Kier molecular flexibility index (Phi) is 3.93. The molecule has 0 atom stereocenters. The van der Waals surface area contributed by atoms with Gasteiger partial charge >= 0.3 is 5.63 Å². The summed E-state index contributed by atoms with van der Waals surface area (Å²) in [6.45, 7) is 8.23. The third-order valence-electron chi connectivity index (χ3n) is 3.24. The minimum absolute atomic E-state index is 0.200. The van der Waals surface area contributed by atoms with Gasteiger partial charge in [0.15, 0.2) is 0 Å². The highest BCUT2D eigenvalue weighted by molar-refractivity contribution is 5.84. The number of hydrogen-bond acceptors (Lipinski definition) is 3. The quantitative estimate of drug-likeness (QED) is 0.847. The summed E-state index contributed by atoms with van der Waals surface area (Å²) < 4.78 is 5.45. The lowest BCUT2D eigenvalue weighted by Gasteiger charge is -2.12. The minimum atomic E-state index is -0.200. The highest BCUT2D eigenvalue weighted by Gasteiger charge is 2.11. The predicted molar refractivity (Wildman–Crippen MR) is 80.0 cm³/mol. The minimum Gasteiger partial charge on any atom is -0.422 e. The fourth-order valence-corrected chi connectivity index (χ4v) is 2.36. The van der Waals surface area contributed by atoms with Crippen LogP contribution in [0.25, 0.3) is 11.0 Å². The fourth-order valence-electron chi connectivity index (χ4n) is 2.36. The van der Waals surface area contributed by atoms with Crippen molar-refractivity contribution in [3.05, 3.63) is 39.7 Å². The van der Waals surface area contributed by atoms with Crippen LogP contribution in [0.1, 0.15) is 38.3 Å². The second-order valence-electron chi connectivity index (χ2n) is 5.25. The van der Waals surface area contributed by atoms with Gasteiger partial charge in [0.2, 0.25) is 0 Å². The Hall–Kier alpha value is -1.77. The monoisotopic (exact) mass is 259 g/mol. The van der Waals surface area contributed by atoms with Crippen molar-refractivity contribution in [2.24, 2.45) is 0 Å². The first-order valence-electron chi connectivity index (χ1n) is 6.85. The summed E-state index contributed by atoms with van der Waals surface area (Å²) in [5.41, 5.74) is 3.29. The van der Waals surface area contributed by atoms with Gasteiger partial charge in [-0.05, 0) is 44.9 Å². The molecular formula is C16H21NO2. The molecule has 2 rings (SSSR count). The molecule has 0 fully saturated rings. The summed E-state index contributed by atoms with van der Waals surface area (Å²) in [6, 6.07) is 6.31. The van der Waals surface area contributed by atoms with E-state index in [9.17, 15) is 4.79 Å². The van der Waals surface area contributed by atoms with Gasteiger partial charge in [0, 0.05) is 28.7 Å². The average Bonchev–Trinajstić information content (AvgIpc) is 2.33. The van der Waals surface area contributed by atoms with E-state index in [4.69, 9.17) is 4.42 Å². The number of benzene rings is 1. The number of nitrogens with one attached hydrogen (secondary N) is 1. The van der Waals surface area contributed by atoms with Crippen LogP contribution in [0.5, 0.6) is 0 Å². The molecule has 0 amide bonds. The molecule has 0 aliphatic rings. The molecule has 0 unspecified atom stereocenters. The van der Waals surface area contributed by atoms with Crippen molar-refractivity contribution in [3.8, 4) is 0 Å². The van der Waals surface area contributed by atoms with Crippen LogP contribution >= 0.6 is 0 Å². The van der Waals surface area contributed by atoms with Crippen LogP contribution in [0.15, 0.2) is 27.4 Å². The zero-order chi connectivity index (χ0) is 14.0. The molecule has 1 aromatic carbocycles. The van der Waals surface area contributed by atoms with Crippen molar-refractivity contribution in [2.75, 3.05) is 5.32 Å². The molecule has 0 radical (unpaired) electrons. The summed E-state index contributed by atoms with van der Waals surface area (Å²) >= 11 is 0. The summed E-state index contributed by atoms with van der Waals surface area (Å²) in [5, 5.41) is 4.34. The van der Waals surface area contributed by atoms with Crippen LogP contribution < -0.4 is 10.9 Å². The van der Waals surface area contributed by atoms with Crippen LogP contribution in [0.3, 0.4) is 0 Å². The van der Waals surface area contributed by atoms with E-state index in [-0.39, 0.29) is 5.63 Å². The zero-order valence-corrected chi connectivity index (χ0v) is 12.0. The summed E-state index contributed by atoms with van der Waals surface area (Å²) in [4.78, 5) is 12.0. The van der Waals surface area contributed by atoms with Gasteiger partial charge in [0.05, 0.1) is 0 Å². The van der Waals surface area contributed by atoms with E-state index in [2.05, 4.69) is 26.1 Å². The topological polar surface area (TPSA) is 42.2 Å². The molecule has 0 aliphatic heterocycles. The molecule has 2 aromatic rings. The molecule has 0 aliphatic carbocycles. The Balaban J connectivity index is 2.57. The third kappa shape index (κ3) is 2.80. The lowest BCUT2D eigenvalue weighted by atomic mass is 10.0. The van der Waals surface area contributed by atoms with E-state index in [0.29, 0.717) is 11.6 Å². The Morgan fingerprint density at radius 3 is 2.68 bits per heavy atom. The van der Waals surface area contributed by atoms with E-state index >= 15 is 0 Å². The maximum absolute atomic E-state index is 12.0. The van der Waals surface area contributed by atoms with E-state index in [0.717, 1.165) is 35.0 Å². The molecule has 3 heteroatoms. The fraction of sp³-hybridized carbons (Fsp3) is 0.438. The van der Waals surface area contributed by atoms with Gasteiger partial charge < -0.3 is 9.73 Å². The molecule has 0 bridgehead atoms. The van der Waals surface area contributed by atoms with Crippen molar-refractivity contribution in [2.45, 2.75) is 46.6 Å². The lowest BCUT2D eigenvalue weighted by molar-refractivity contribution is 0.547. The second kappa shape index (κ2) is 5.47. The van der Waals surface area contributed by atoms with Gasteiger partial charge in [-0.2, -0.15) is 0 Å². The van der Waals surface area contributed by atoms with E-state index in [1.807, 2.05) is 25.1 Å². The van der Waals surface area contributed by atoms with Crippen molar-refractivity contribution in [1.82, 2.24) is 0 Å². The molecular weight excluding hydrogens is 238 g/mol. The molecule has 1 aromatic heterocycles. The molecule has 0 saturated heterocycles. The van der Waals surface area contributed by atoms with Crippen molar-refractivity contribution in [3.63, 3.8) is 0 Å². The molecule has 1 N–H and O–H groups in total. The van der Waals surface area contributed by atoms with Gasteiger partial charge in [0.1, 0.15) is 5.58 Å². The molecule has 102 valence electrons. The Labute approximate surface area is 113 Å². The Morgan fingerprint density at radius 1 is 1.32 bits per heavy atom. The highest BCUT2D eigenvalue weighted by atomic mass is 16.4. The number of anilines is 1. The smallest absolute Gasteiger partial charge is 0.339 e. The van der Waals surface area contributed by atoms with Crippen LogP contribution in [-0.4, -0.2) is 6.04 Å². The third-order valence-corrected chi connectivity index (χ3v) is 3.24. The zero-order valence-electron chi connectivity index (χ0n) is 12.0. The van der Waals surface area contributed by atoms with Crippen molar-refractivity contribution in [1.29, 1.82) is 0 Å². The molecule has 1 heterocycles. The maximum atomic E-state index is 12.0. The standard InChI is InChI=1S/C16H21NO2/c1-5-6-14-11(4)13-8-7-12(17-10(2)3)9-15(13)19-16(14)18/h7-10,17H,5-6H2,1-4H3. The summed E-state index contributed by atoms with van der Waals surface area (Å²) in [6.07, 6.45) is 1.72. The van der Waals surface area contributed by atoms with Gasteiger partial charge in [0.25, 0.3) is 0 Å². The van der Waals surface area contributed by atoms with E-state index in [1.54, 1.807) is 0 Å². The normalized spacial score (nSPS) is 11.2. The van der Waals surface area contributed by atoms with E-state index < -0.39 is 0 Å². The molecule has 0 saturated carbocycles. The number of hydrogen-bond donors (Lipinski definition) is 1. The van der Waals surface area contributed by atoms with Crippen LogP contribution in [0, 0.1) is 6.92 Å². The first-order chi connectivity index (χ1) is 9.02. The van der Waals surface area contributed by atoms with Gasteiger partial charge in [-0.15, -0.1) is 0 Å². The van der Waals surface area contributed by atoms with Crippen molar-refractivity contribution < 1.29 is 4.42 Å². The number of aryl methyl sites for hydroxylation is 1. The number of fused-ring (bicyclic) bond motifs is 1. The van der Waals surface area contributed by atoms with E-state index in [1.165, 1.54) is 0 Å². The van der Waals surface area contributed by atoms with Crippen LogP contribution in [0.2, 0.25) is 0 Å². The number of rotatable bonds is 4.